The van der Waals surface area contributed by atoms with Crippen molar-refractivity contribution in [3.05, 3.63) is 36.4 Å². The molecule has 0 aliphatic carbocycles. The van der Waals surface area contributed by atoms with Crippen LogP contribution in [0, 0.1) is 5.92 Å². The Morgan fingerprint density at radius 3 is 2.61 bits per heavy atom. The number of anilines is 1. The second-order valence-corrected chi connectivity index (χ2v) is 5.08. The first kappa shape index (κ1) is 11.3. The molecule has 3 rings (SSSR count). The van der Waals surface area contributed by atoms with Gasteiger partial charge in [0.15, 0.2) is 11.6 Å². The van der Waals surface area contributed by atoms with Crippen LogP contribution in [0.3, 0.4) is 0 Å². The largest absolute Gasteiger partial charge is 0.354 e. The molecule has 0 saturated carbocycles. The highest BCUT2D eigenvalue weighted by molar-refractivity contribution is 5.61. The predicted octanol–water partition coefficient (Wildman–Crippen LogP) is 3.58. The van der Waals surface area contributed by atoms with E-state index in [0.717, 1.165) is 36.1 Å². The summed E-state index contributed by atoms with van der Waals surface area (Å²) in [5.41, 5.74) is 1.08. The molecule has 0 radical (unpaired) electrons. The second-order valence-electron chi connectivity index (χ2n) is 5.08. The molecule has 0 bridgehead atoms. The summed E-state index contributed by atoms with van der Waals surface area (Å²) in [6.45, 7) is 4.49. The molecule has 1 saturated heterocycles. The number of piperidine rings is 1. The summed E-state index contributed by atoms with van der Waals surface area (Å²) < 4.78 is 5.44. The van der Waals surface area contributed by atoms with Gasteiger partial charge in [0.05, 0.1) is 0 Å². The van der Waals surface area contributed by atoms with Crippen LogP contribution in [0.25, 0.3) is 11.3 Å². The zero-order valence-electron chi connectivity index (χ0n) is 10.7. The molecule has 0 amide bonds. The summed E-state index contributed by atoms with van der Waals surface area (Å²) in [4.78, 5) is 2.32. The molecule has 0 spiro atoms. The zero-order chi connectivity index (χ0) is 12.4. The maximum Gasteiger partial charge on any atom is 0.172 e. The van der Waals surface area contributed by atoms with Gasteiger partial charge in [-0.25, -0.2) is 0 Å². The van der Waals surface area contributed by atoms with Crippen LogP contribution in [0.15, 0.2) is 40.9 Å². The fourth-order valence-corrected chi connectivity index (χ4v) is 2.39. The summed E-state index contributed by atoms with van der Waals surface area (Å²) in [6.07, 6.45) is 2.49. The number of hydrogen-bond acceptors (Lipinski definition) is 3. The van der Waals surface area contributed by atoms with Crippen molar-refractivity contribution in [3.8, 4) is 11.3 Å². The quantitative estimate of drug-likeness (QED) is 0.806. The van der Waals surface area contributed by atoms with Gasteiger partial charge in [-0.15, -0.1) is 0 Å². The van der Waals surface area contributed by atoms with Crippen molar-refractivity contribution in [2.75, 3.05) is 18.0 Å². The SMILES string of the molecule is CC1CCN(c2cc(-c3ccccc3)on2)CC1. The molecule has 1 fully saturated rings. The van der Waals surface area contributed by atoms with Gasteiger partial charge in [-0.1, -0.05) is 42.4 Å². The van der Waals surface area contributed by atoms with Gasteiger partial charge in [0.25, 0.3) is 0 Å². The summed E-state index contributed by atoms with van der Waals surface area (Å²) >= 11 is 0. The van der Waals surface area contributed by atoms with E-state index in [9.17, 15) is 0 Å². The smallest absolute Gasteiger partial charge is 0.172 e. The minimum atomic E-state index is 0.835. The molecule has 2 heterocycles. The lowest BCUT2D eigenvalue weighted by Crippen LogP contribution is -2.32. The van der Waals surface area contributed by atoms with Crippen molar-refractivity contribution in [2.45, 2.75) is 19.8 Å². The number of benzene rings is 1. The Hall–Kier alpha value is -1.77. The Balaban J connectivity index is 1.78. The molecule has 0 N–H and O–H groups in total. The Morgan fingerprint density at radius 2 is 1.89 bits per heavy atom. The molecule has 1 aliphatic heterocycles. The summed E-state index contributed by atoms with van der Waals surface area (Å²) in [5, 5.41) is 4.19. The highest BCUT2D eigenvalue weighted by Gasteiger charge is 2.19. The van der Waals surface area contributed by atoms with Crippen LogP contribution in [0.2, 0.25) is 0 Å². The molecular weight excluding hydrogens is 224 g/mol. The van der Waals surface area contributed by atoms with E-state index in [0.29, 0.717) is 0 Å². The van der Waals surface area contributed by atoms with Gasteiger partial charge in [0, 0.05) is 24.7 Å². The average Bonchev–Trinajstić information content (AvgIpc) is 2.90. The topological polar surface area (TPSA) is 29.3 Å². The minimum absolute atomic E-state index is 0.835. The molecule has 94 valence electrons. The van der Waals surface area contributed by atoms with Crippen molar-refractivity contribution in [1.82, 2.24) is 5.16 Å². The lowest BCUT2D eigenvalue weighted by molar-refractivity contribution is 0.410. The van der Waals surface area contributed by atoms with Crippen LogP contribution in [0.5, 0.6) is 0 Å². The Kier molecular flexibility index (Phi) is 3.05. The van der Waals surface area contributed by atoms with E-state index in [4.69, 9.17) is 4.52 Å². The minimum Gasteiger partial charge on any atom is -0.354 e. The van der Waals surface area contributed by atoms with Crippen molar-refractivity contribution >= 4 is 5.82 Å². The monoisotopic (exact) mass is 242 g/mol. The lowest BCUT2D eigenvalue weighted by atomic mass is 9.99. The summed E-state index contributed by atoms with van der Waals surface area (Å²) in [5.74, 6) is 2.66. The number of rotatable bonds is 2. The van der Waals surface area contributed by atoms with Crippen molar-refractivity contribution in [1.29, 1.82) is 0 Å². The van der Waals surface area contributed by atoms with Gasteiger partial charge >= 0.3 is 0 Å². The molecule has 3 nitrogen and oxygen atoms in total. The molecule has 3 heteroatoms. The normalized spacial score (nSPS) is 17.1. The van der Waals surface area contributed by atoms with Crippen LogP contribution in [0.4, 0.5) is 5.82 Å². The Bertz CT molecular complexity index is 498. The van der Waals surface area contributed by atoms with Gasteiger partial charge in [0.2, 0.25) is 0 Å². The molecular formula is C15H18N2O. The van der Waals surface area contributed by atoms with Gasteiger partial charge in [-0.3, -0.25) is 0 Å². The van der Waals surface area contributed by atoms with Crippen molar-refractivity contribution in [2.24, 2.45) is 5.92 Å². The standard InChI is InChI=1S/C15H18N2O/c1-12-7-9-17(10-8-12)15-11-14(18-16-15)13-5-3-2-4-6-13/h2-6,11-12H,7-10H2,1H3. The van der Waals surface area contributed by atoms with Crippen molar-refractivity contribution in [3.63, 3.8) is 0 Å². The highest BCUT2D eigenvalue weighted by atomic mass is 16.5. The van der Waals surface area contributed by atoms with Gasteiger partial charge in [-0.05, 0) is 18.8 Å². The maximum atomic E-state index is 5.44. The molecule has 18 heavy (non-hydrogen) atoms. The third kappa shape index (κ3) is 2.26. The third-order valence-corrected chi connectivity index (χ3v) is 3.66. The number of hydrogen-bond donors (Lipinski definition) is 0. The molecule has 1 aliphatic rings. The third-order valence-electron chi connectivity index (χ3n) is 3.66. The molecule has 1 aromatic carbocycles. The number of aromatic nitrogens is 1. The Labute approximate surface area is 107 Å². The van der Waals surface area contributed by atoms with Crippen molar-refractivity contribution < 1.29 is 4.52 Å². The molecule has 0 unspecified atom stereocenters. The predicted molar refractivity (Wildman–Crippen MR) is 72.6 cm³/mol. The molecule has 1 aromatic heterocycles. The second kappa shape index (κ2) is 4.84. The van der Waals surface area contributed by atoms with E-state index in [1.165, 1.54) is 12.8 Å². The van der Waals surface area contributed by atoms with Gasteiger partial charge < -0.3 is 9.42 Å². The van der Waals surface area contributed by atoms with E-state index in [2.05, 4.69) is 17.0 Å². The van der Waals surface area contributed by atoms with Crippen LogP contribution < -0.4 is 4.90 Å². The summed E-state index contributed by atoms with van der Waals surface area (Å²) in [7, 11) is 0. The van der Waals surface area contributed by atoms with Gasteiger partial charge in [0.1, 0.15) is 0 Å². The summed E-state index contributed by atoms with van der Waals surface area (Å²) in [6, 6.07) is 12.2. The van der Waals surface area contributed by atoms with E-state index >= 15 is 0 Å². The lowest BCUT2D eigenvalue weighted by Gasteiger charge is -2.29. The van der Waals surface area contributed by atoms with Crippen LogP contribution in [-0.2, 0) is 0 Å². The van der Waals surface area contributed by atoms with E-state index < -0.39 is 0 Å². The number of nitrogens with zero attached hydrogens (tertiary/aromatic N) is 2. The maximum absolute atomic E-state index is 5.44. The van der Waals surface area contributed by atoms with Crippen LogP contribution in [-0.4, -0.2) is 18.2 Å². The fraction of sp³-hybridized carbons (Fsp3) is 0.400. The van der Waals surface area contributed by atoms with E-state index in [-0.39, 0.29) is 0 Å². The zero-order valence-corrected chi connectivity index (χ0v) is 10.7. The van der Waals surface area contributed by atoms with Crippen LogP contribution >= 0.6 is 0 Å². The average molecular weight is 242 g/mol. The Morgan fingerprint density at radius 1 is 1.17 bits per heavy atom. The van der Waals surface area contributed by atoms with Gasteiger partial charge in [-0.2, -0.15) is 0 Å². The first-order chi connectivity index (χ1) is 8.83. The molecule has 0 atom stereocenters. The first-order valence-electron chi connectivity index (χ1n) is 6.60. The van der Waals surface area contributed by atoms with E-state index in [1.807, 2.05) is 36.4 Å². The first-order valence-corrected chi connectivity index (χ1v) is 6.60. The molecule has 2 aromatic rings. The fourth-order valence-electron chi connectivity index (χ4n) is 2.39. The van der Waals surface area contributed by atoms with Crippen LogP contribution in [0.1, 0.15) is 19.8 Å². The highest BCUT2D eigenvalue weighted by Crippen LogP contribution is 2.27. The van der Waals surface area contributed by atoms with E-state index in [1.54, 1.807) is 0 Å².